The molecule has 0 saturated carbocycles. The maximum absolute atomic E-state index is 3.81. The minimum absolute atomic E-state index is 0.903. The topological polar surface area (TPSA) is 3.24 Å². The van der Waals surface area contributed by atoms with E-state index in [-0.39, 0.29) is 0 Å². The van der Waals surface area contributed by atoms with Crippen LogP contribution >= 0.6 is 0 Å². The Morgan fingerprint density at radius 3 is 2.10 bits per heavy atom. The first-order chi connectivity index (χ1) is 4.63. The Kier molecular flexibility index (Phi) is 3.55. The first-order valence-corrected chi connectivity index (χ1v) is 3.37. The Balaban J connectivity index is 4.20. The summed E-state index contributed by atoms with van der Waals surface area (Å²) in [7, 11) is 0. The molecule has 0 heterocycles. The summed E-state index contributed by atoms with van der Waals surface area (Å²) < 4.78 is 0. The second kappa shape index (κ2) is 3.94. The largest absolute Gasteiger partial charge is 0.347 e. The van der Waals surface area contributed by atoms with E-state index in [0.29, 0.717) is 0 Å². The van der Waals surface area contributed by atoms with Crippen molar-refractivity contribution in [3.63, 3.8) is 0 Å². The van der Waals surface area contributed by atoms with Gasteiger partial charge in [-0.05, 0) is 19.9 Å². The number of hydrogen-bond donors (Lipinski definition) is 0. The van der Waals surface area contributed by atoms with Crippen LogP contribution in [-0.2, 0) is 0 Å². The molecule has 0 rings (SSSR count). The summed E-state index contributed by atoms with van der Waals surface area (Å²) in [6, 6.07) is 0. The van der Waals surface area contributed by atoms with Crippen LogP contribution in [-0.4, -0.2) is 11.4 Å². The molecule has 0 aliphatic carbocycles. The Labute approximate surface area is 63.3 Å². The minimum Gasteiger partial charge on any atom is -0.347 e. The van der Waals surface area contributed by atoms with Gasteiger partial charge in [-0.3, -0.25) is 0 Å². The van der Waals surface area contributed by atoms with Gasteiger partial charge in [0.15, 0.2) is 0 Å². The van der Waals surface area contributed by atoms with E-state index >= 15 is 0 Å². The molecule has 0 fully saturated rings. The molecule has 0 saturated heterocycles. The molecule has 0 unspecified atom stereocenters. The smallest absolute Gasteiger partial charge is 0.0328 e. The van der Waals surface area contributed by atoms with Crippen molar-refractivity contribution in [2.75, 3.05) is 6.54 Å². The maximum atomic E-state index is 3.81. The van der Waals surface area contributed by atoms with Gasteiger partial charge in [0.1, 0.15) is 0 Å². The van der Waals surface area contributed by atoms with E-state index in [9.17, 15) is 0 Å². The highest BCUT2D eigenvalue weighted by Gasteiger charge is 2.00. The summed E-state index contributed by atoms with van der Waals surface area (Å²) in [5.74, 6) is 0. The Morgan fingerprint density at radius 1 is 1.50 bits per heavy atom. The number of likely N-dealkylation sites (N-methyl/N-ethyl adjacent to an activating group) is 1. The predicted molar refractivity (Wildman–Crippen MR) is 46.5 cm³/mol. The van der Waals surface area contributed by atoms with Crippen LogP contribution in [0, 0.1) is 0 Å². The molecule has 0 aliphatic rings. The van der Waals surface area contributed by atoms with Crippen LogP contribution in [0.4, 0.5) is 0 Å². The van der Waals surface area contributed by atoms with Crippen LogP contribution in [0.1, 0.15) is 13.8 Å². The average molecular weight is 137 g/mol. The van der Waals surface area contributed by atoms with Gasteiger partial charge in [-0.1, -0.05) is 19.7 Å². The highest BCUT2D eigenvalue weighted by molar-refractivity contribution is 5.15. The molecular weight excluding hydrogens is 122 g/mol. The van der Waals surface area contributed by atoms with Crippen LogP contribution < -0.4 is 0 Å². The molecule has 0 amide bonds. The van der Waals surface area contributed by atoms with Crippen molar-refractivity contribution < 1.29 is 0 Å². The van der Waals surface area contributed by atoms with E-state index < -0.39 is 0 Å². The second-order valence-electron chi connectivity index (χ2n) is 2.17. The first-order valence-electron chi connectivity index (χ1n) is 3.37. The highest BCUT2D eigenvalue weighted by atomic mass is 15.1. The predicted octanol–water partition coefficient (Wildman–Crippen LogP) is 2.54. The van der Waals surface area contributed by atoms with Gasteiger partial charge in [0.25, 0.3) is 0 Å². The van der Waals surface area contributed by atoms with Gasteiger partial charge in [0.2, 0.25) is 0 Å². The summed E-state index contributed by atoms with van der Waals surface area (Å²) >= 11 is 0. The van der Waals surface area contributed by atoms with Gasteiger partial charge in [0, 0.05) is 17.9 Å². The molecule has 0 aromatic heterocycles. The van der Waals surface area contributed by atoms with E-state index in [4.69, 9.17) is 0 Å². The van der Waals surface area contributed by atoms with Crippen LogP contribution in [0.15, 0.2) is 37.2 Å². The Hall–Kier alpha value is -0.980. The van der Waals surface area contributed by atoms with Crippen LogP contribution in [0.3, 0.4) is 0 Å². The van der Waals surface area contributed by atoms with Crippen LogP contribution in [0.25, 0.3) is 0 Å². The lowest BCUT2D eigenvalue weighted by Gasteiger charge is -2.22. The molecule has 0 N–H and O–H groups in total. The third-order valence-electron chi connectivity index (χ3n) is 1.36. The average Bonchev–Trinajstić information content (AvgIpc) is 1.88. The van der Waals surface area contributed by atoms with Crippen LogP contribution in [0.5, 0.6) is 0 Å². The Bertz CT molecular complexity index is 156. The van der Waals surface area contributed by atoms with E-state index in [1.54, 1.807) is 6.08 Å². The fourth-order valence-corrected chi connectivity index (χ4v) is 0.828. The van der Waals surface area contributed by atoms with Crippen molar-refractivity contribution in [2.45, 2.75) is 13.8 Å². The van der Waals surface area contributed by atoms with E-state index in [1.165, 1.54) is 0 Å². The summed E-state index contributed by atoms with van der Waals surface area (Å²) in [6.07, 6.45) is 1.73. The van der Waals surface area contributed by atoms with Crippen molar-refractivity contribution in [3.05, 3.63) is 37.2 Å². The fourth-order valence-electron chi connectivity index (χ4n) is 0.828. The zero-order chi connectivity index (χ0) is 8.15. The quantitative estimate of drug-likeness (QED) is 0.538. The number of nitrogens with zero attached hydrogens (tertiary/aromatic N) is 1. The zero-order valence-corrected chi connectivity index (χ0v) is 6.85. The lowest BCUT2D eigenvalue weighted by molar-refractivity contribution is 0.469. The lowest BCUT2D eigenvalue weighted by atomic mass is 10.3. The normalized spacial score (nSPS) is 8.60. The van der Waals surface area contributed by atoms with Gasteiger partial charge in [0.05, 0.1) is 0 Å². The number of hydrogen-bond acceptors (Lipinski definition) is 1. The molecule has 0 aliphatic heterocycles. The van der Waals surface area contributed by atoms with E-state index in [0.717, 1.165) is 17.9 Å². The SMILES string of the molecule is C=CC(=C)N(CC)C(=C)C. The van der Waals surface area contributed by atoms with Crippen molar-refractivity contribution in [1.29, 1.82) is 0 Å². The molecule has 0 aromatic rings. The standard InChI is InChI=1S/C9H15N/c1-6-9(5)10(7-2)8(3)4/h6H,1,3,5,7H2,2,4H3. The first kappa shape index (κ1) is 9.02. The molecule has 0 aromatic carbocycles. The summed E-state index contributed by atoms with van der Waals surface area (Å²) in [5.41, 5.74) is 1.92. The molecule has 56 valence electrons. The maximum Gasteiger partial charge on any atom is 0.0328 e. The summed E-state index contributed by atoms with van der Waals surface area (Å²) in [4.78, 5) is 2.01. The molecule has 1 heteroatoms. The van der Waals surface area contributed by atoms with Gasteiger partial charge >= 0.3 is 0 Å². The molecule has 0 spiro atoms. The van der Waals surface area contributed by atoms with Crippen molar-refractivity contribution in [1.82, 2.24) is 4.90 Å². The van der Waals surface area contributed by atoms with Gasteiger partial charge in [-0.2, -0.15) is 0 Å². The number of allylic oxidation sites excluding steroid dienone is 2. The molecular formula is C9H15N. The minimum atomic E-state index is 0.903. The third-order valence-corrected chi connectivity index (χ3v) is 1.36. The van der Waals surface area contributed by atoms with Crippen molar-refractivity contribution >= 4 is 0 Å². The molecule has 0 bridgehead atoms. The van der Waals surface area contributed by atoms with Crippen LogP contribution in [0.2, 0.25) is 0 Å². The highest BCUT2D eigenvalue weighted by Crippen LogP contribution is 2.08. The van der Waals surface area contributed by atoms with E-state index in [1.807, 2.05) is 11.8 Å². The molecule has 10 heavy (non-hydrogen) atoms. The van der Waals surface area contributed by atoms with Gasteiger partial charge < -0.3 is 4.90 Å². The summed E-state index contributed by atoms with van der Waals surface area (Å²) in [5, 5.41) is 0. The fraction of sp³-hybridized carbons (Fsp3) is 0.333. The monoisotopic (exact) mass is 137 g/mol. The molecule has 0 atom stereocenters. The van der Waals surface area contributed by atoms with Gasteiger partial charge in [-0.15, -0.1) is 0 Å². The van der Waals surface area contributed by atoms with Crippen molar-refractivity contribution in [3.8, 4) is 0 Å². The second-order valence-corrected chi connectivity index (χ2v) is 2.17. The molecule has 1 nitrogen and oxygen atoms in total. The lowest BCUT2D eigenvalue weighted by Crippen LogP contribution is -2.17. The number of rotatable bonds is 4. The summed E-state index contributed by atoms with van der Waals surface area (Å²) in [6.45, 7) is 16.2. The zero-order valence-electron chi connectivity index (χ0n) is 6.85. The molecule has 0 radical (unpaired) electrons. The van der Waals surface area contributed by atoms with Gasteiger partial charge in [-0.25, -0.2) is 0 Å². The van der Waals surface area contributed by atoms with Crippen molar-refractivity contribution in [2.24, 2.45) is 0 Å². The van der Waals surface area contributed by atoms with E-state index in [2.05, 4.69) is 26.7 Å². The Morgan fingerprint density at radius 2 is 2.00 bits per heavy atom. The third kappa shape index (κ3) is 2.09.